The molecule has 128 valence electrons. The first-order valence-corrected chi connectivity index (χ1v) is 8.90. The molecule has 5 nitrogen and oxygen atoms in total. The average molecular weight is 328 g/mol. The van der Waals surface area contributed by atoms with E-state index < -0.39 is 16.9 Å². The van der Waals surface area contributed by atoms with Gasteiger partial charge in [-0.25, -0.2) is 0 Å². The molecule has 3 fully saturated rings. The largest absolute Gasteiger partial charge is 0.392 e. The molecule has 1 aliphatic carbocycles. The number of nitrogens with one attached hydrogen (secondary N) is 1. The fraction of sp³-hybridized carbons (Fsp3) is 0.579. The minimum atomic E-state index is -0.821. The lowest BCUT2D eigenvalue weighted by Gasteiger charge is -2.47. The van der Waals surface area contributed by atoms with Gasteiger partial charge in [-0.2, -0.15) is 0 Å². The lowest BCUT2D eigenvalue weighted by molar-refractivity contribution is -0.155. The molecule has 2 aliphatic heterocycles. The number of aliphatic hydroxyl groups is 1. The van der Waals surface area contributed by atoms with Gasteiger partial charge < -0.3 is 15.3 Å². The van der Waals surface area contributed by atoms with Crippen molar-refractivity contribution in [2.45, 2.75) is 43.6 Å². The second-order valence-electron chi connectivity index (χ2n) is 7.49. The Kier molecular flexibility index (Phi) is 3.64. The molecule has 0 radical (unpaired) electrons. The van der Waals surface area contributed by atoms with Crippen LogP contribution >= 0.6 is 0 Å². The number of hydrogen-bond acceptors (Lipinski definition) is 3. The van der Waals surface area contributed by atoms with Crippen LogP contribution in [0.3, 0.4) is 0 Å². The number of piperidine rings is 2. The topological polar surface area (TPSA) is 69.6 Å². The third-order valence-electron chi connectivity index (χ3n) is 6.09. The van der Waals surface area contributed by atoms with Crippen LogP contribution in [0.5, 0.6) is 0 Å². The maximum absolute atomic E-state index is 13.2. The number of hydrogen-bond donors (Lipinski definition) is 2. The smallest absolute Gasteiger partial charge is 0.233 e. The molecule has 5 heteroatoms. The van der Waals surface area contributed by atoms with E-state index in [1.807, 2.05) is 35.2 Å². The van der Waals surface area contributed by atoms with Gasteiger partial charge in [-0.1, -0.05) is 30.3 Å². The lowest BCUT2D eigenvalue weighted by atomic mass is 9.71. The van der Waals surface area contributed by atoms with Gasteiger partial charge in [0.05, 0.1) is 16.9 Å². The van der Waals surface area contributed by atoms with Crippen LogP contribution in [-0.4, -0.2) is 47.6 Å². The monoisotopic (exact) mass is 328 g/mol. The Morgan fingerprint density at radius 2 is 1.96 bits per heavy atom. The first-order chi connectivity index (χ1) is 11.6. The van der Waals surface area contributed by atoms with Crippen molar-refractivity contribution in [1.29, 1.82) is 0 Å². The molecule has 2 atom stereocenters. The molecule has 2 N–H and O–H groups in total. The zero-order valence-corrected chi connectivity index (χ0v) is 13.8. The maximum Gasteiger partial charge on any atom is 0.233 e. The van der Waals surface area contributed by atoms with Gasteiger partial charge in [0.15, 0.2) is 0 Å². The Morgan fingerprint density at radius 3 is 2.62 bits per heavy atom. The van der Waals surface area contributed by atoms with Crippen molar-refractivity contribution in [3.63, 3.8) is 0 Å². The van der Waals surface area contributed by atoms with Crippen molar-refractivity contribution in [2.24, 2.45) is 5.41 Å². The summed E-state index contributed by atoms with van der Waals surface area (Å²) in [5.74, 6) is 0.0293. The number of amides is 2. The maximum atomic E-state index is 13.2. The summed E-state index contributed by atoms with van der Waals surface area (Å²) in [6.45, 7) is 1.53. The van der Waals surface area contributed by atoms with E-state index >= 15 is 0 Å². The van der Waals surface area contributed by atoms with Crippen molar-refractivity contribution in [3.8, 4) is 0 Å². The van der Waals surface area contributed by atoms with Gasteiger partial charge in [-0.05, 0) is 37.7 Å². The summed E-state index contributed by atoms with van der Waals surface area (Å²) >= 11 is 0. The van der Waals surface area contributed by atoms with Crippen molar-refractivity contribution in [1.82, 2.24) is 10.2 Å². The van der Waals surface area contributed by atoms with Crippen LogP contribution < -0.4 is 5.32 Å². The zero-order valence-electron chi connectivity index (χ0n) is 13.8. The van der Waals surface area contributed by atoms with Crippen LogP contribution in [0.25, 0.3) is 0 Å². The van der Waals surface area contributed by atoms with Gasteiger partial charge in [0.2, 0.25) is 11.8 Å². The Bertz CT molecular complexity index is 656. The SMILES string of the molecule is O=C(N1CC[C@@H](O)[C@@]2(CCCNC2=O)C1)C1(c2ccccc2)CC1. The Hall–Kier alpha value is -1.88. The summed E-state index contributed by atoms with van der Waals surface area (Å²) in [7, 11) is 0. The van der Waals surface area contributed by atoms with Crippen LogP contribution in [-0.2, 0) is 15.0 Å². The molecule has 24 heavy (non-hydrogen) atoms. The summed E-state index contributed by atoms with van der Waals surface area (Å²) in [6.07, 6.45) is 3.07. The highest BCUT2D eigenvalue weighted by atomic mass is 16.3. The fourth-order valence-corrected chi connectivity index (χ4v) is 4.43. The van der Waals surface area contributed by atoms with E-state index in [0.29, 0.717) is 32.5 Å². The molecule has 1 aromatic carbocycles. The van der Waals surface area contributed by atoms with Gasteiger partial charge in [0.25, 0.3) is 0 Å². The standard InChI is InChI=1S/C19H24N2O3/c22-15-7-12-21(13-19(15)8-4-11-20-16(19)23)17(24)18(9-10-18)14-5-2-1-3-6-14/h1-3,5-6,15,22H,4,7-13H2,(H,20,23)/t15-,19-/m1/s1. The van der Waals surface area contributed by atoms with Crippen LogP contribution in [0.15, 0.2) is 30.3 Å². The second-order valence-corrected chi connectivity index (χ2v) is 7.49. The molecule has 2 heterocycles. The molecular weight excluding hydrogens is 304 g/mol. The van der Waals surface area contributed by atoms with E-state index in [9.17, 15) is 14.7 Å². The quantitative estimate of drug-likeness (QED) is 0.857. The van der Waals surface area contributed by atoms with Gasteiger partial charge in [0.1, 0.15) is 0 Å². The average Bonchev–Trinajstić information content (AvgIpc) is 3.42. The van der Waals surface area contributed by atoms with E-state index in [0.717, 1.165) is 24.8 Å². The van der Waals surface area contributed by atoms with E-state index in [1.165, 1.54) is 0 Å². The predicted octanol–water partition coefficient (Wildman–Crippen LogP) is 1.21. The van der Waals surface area contributed by atoms with Crippen LogP contribution in [0.4, 0.5) is 0 Å². The van der Waals surface area contributed by atoms with Gasteiger partial charge in [-0.15, -0.1) is 0 Å². The molecule has 1 spiro atoms. The number of rotatable bonds is 2. The summed E-state index contributed by atoms with van der Waals surface area (Å²) in [5, 5.41) is 13.4. The Morgan fingerprint density at radius 1 is 1.21 bits per heavy atom. The molecule has 2 amide bonds. The number of likely N-dealkylation sites (tertiary alicyclic amines) is 1. The number of nitrogens with zero attached hydrogens (tertiary/aromatic N) is 1. The Balaban J connectivity index is 1.59. The number of carbonyl (C=O) groups is 2. The third kappa shape index (κ3) is 2.25. The van der Waals surface area contributed by atoms with Crippen LogP contribution in [0.1, 0.15) is 37.7 Å². The van der Waals surface area contributed by atoms with Crippen LogP contribution in [0, 0.1) is 5.41 Å². The first-order valence-electron chi connectivity index (χ1n) is 8.90. The van der Waals surface area contributed by atoms with E-state index in [-0.39, 0.29) is 11.8 Å². The van der Waals surface area contributed by atoms with E-state index in [2.05, 4.69) is 5.32 Å². The van der Waals surface area contributed by atoms with E-state index in [1.54, 1.807) is 0 Å². The summed E-state index contributed by atoms with van der Waals surface area (Å²) in [5.41, 5.74) is -0.155. The van der Waals surface area contributed by atoms with Gasteiger partial charge in [-0.3, -0.25) is 9.59 Å². The van der Waals surface area contributed by atoms with Crippen molar-refractivity contribution in [3.05, 3.63) is 35.9 Å². The number of carbonyl (C=O) groups excluding carboxylic acids is 2. The van der Waals surface area contributed by atoms with Gasteiger partial charge >= 0.3 is 0 Å². The molecule has 0 bridgehead atoms. The molecule has 0 unspecified atom stereocenters. The molecule has 3 aliphatic rings. The predicted molar refractivity (Wildman–Crippen MR) is 89.2 cm³/mol. The second kappa shape index (κ2) is 5.59. The minimum Gasteiger partial charge on any atom is -0.392 e. The molecule has 2 saturated heterocycles. The summed E-state index contributed by atoms with van der Waals surface area (Å²) < 4.78 is 0. The highest BCUT2D eigenvalue weighted by molar-refractivity contribution is 5.92. The molecule has 1 aromatic rings. The Labute approximate surface area is 142 Å². The van der Waals surface area contributed by atoms with Crippen molar-refractivity contribution < 1.29 is 14.7 Å². The molecule has 1 saturated carbocycles. The van der Waals surface area contributed by atoms with Gasteiger partial charge in [0, 0.05) is 19.6 Å². The normalized spacial score (nSPS) is 31.6. The first kappa shape index (κ1) is 15.6. The third-order valence-corrected chi connectivity index (χ3v) is 6.09. The minimum absolute atomic E-state index is 0.0942. The summed E-state index contributed by atoms with van der Waals surface area (Å²) in [4.78, 5) is 27.5. The molecular formula is C19H24N2O3. The zero-order chi connectivity index (χ0) is 16.8. The van der Waals surface area contributed by atoms with Crippen molar-refractivity contribution in [2.75, 3.05) is 19.6 Å². The highest BCUT2D eigenvalue weighted by Gasteiger charge is 2.57. The number of benzene rings is 1. The van der Waals surface area contributed by atoms with Crippen LogP contribution in [0.2, 0.25) is 0 Å². The van der Waals surface area contributed by atoms with E-state index in [4.69, 9.17) is 0 Å². The lowest BCUT2D eigenvalue weighted by Crippen LogP contribution is -2.63. The number of aliphatic hydroxyl groups excluding tert-OH is 1. The molecule has 4 rings (SSSR count). The molecule has 0 aromatic heterocycles. The highest BCUT2D eigenvalue weighted by Crippen LogP contribution is 2.50. The summed E-state index contributed by atoms with van der Waals surface area (Å²) in [6, 6.07) is 9.94. The fourth-order valence-electron chi connectivity index (χ4n) is 4.43. The van der Waals surface area contributed by atoms with Crippen molar-refractivity contribution >= 4 is 11.8 Å².